The molecule has 8 heteroatoms. The number of rotatable bonds is 4. The van der Waals surface area contributed by atoms with Crippen LogP contribution in [-0.2, 0) is 4.74 Å². The molecule has 0 bridgehead atoms. The van der Waals surface area contributed by atoms with Gasteiger partial charge in [-0.05, 0) is 30.4 Å². The lowest BCUT2D eigenvalue weighted by molar-refractivity contribution is 0.145. The van der Waals surface area contributed by atoms with Crippen LogP contribution >= 0.6 is 24.0 Å². The van der Waals surface area contributed by atoms with Crippen molar-refractivity contribution in [2.24, 2.45) is 4.99 Å². The van der Waals surface area contributed by atoms with Gasteiger partial charge in [-0.15, -0.1) is 0 Å². The fourth-order valence-electron chi connectivity index (χ4n) is 2.69. The molecule has 0 saturated carbocycles. The number of amides is 1. The van der Waals surface area contributed by atoms with Gasteiger partial charge in [-0.2, -0.15) is 11.8 Å². The minimum absolute atomic E-state index is 0.276. The minimum Gasteiger partial charge on any atom is -0.442 e. The maximum absolute atomic E-state index is 14.4. The number of hydrogen-bond donors (Lipinski definition) is 0. The van der Waals surface area contributed by atoms with E-state index in [1.165, 1.54) is 11.0 Å². The first kappa shape index (κ1) is 16.2. The lowest BCUT2D eigenvalue weighted by Crippen LogP contribution is -2.33. The number of anilines is 2. The van der Waals surface area contributed by atoms with Crippen LogP contribution in [0.1, 0.15) is 0 Å². The van der Waals surface area contributed by atoms with Gasteiger partial charge in [0.1, 0.15) is 11.9 Å². The zero-order chi connectivity index (χ0) is 16.2. The molecule has 0 radical (unpaired) electrons. The molecule has 3 rings (SSSR count). The predicted octanol–water partition coefficient (Wildman–Crippen LogP) is 2.81. The largest absolute Gasteiger partial charge is 0.442 e. The van der Waals surface area contributed by atoms with Crippen molar-refractivity contribution < 1.29 is 13.9 Å². The summed E-state index contributed by atoms with van der Waals surface area (Å²) < 4.78 is 19.6. The molecule has 2 saturated heterocycles. The van der Waals surface area contributed by atoms with Gasteiger partial charge >= 0.3 is 6.09 Å². The van der Waals surface area contributed by atoms with E-state index in [0.717, 1.165) is 24.6 Å². The Balaban J connectivity index is 1.74. The third-order valence-corrected chi connectivity index (χ3v) is 4.90. The highest BCUT2D eigenvalue weighted by molar-refractivity contribution is 7.99. The Bertz CT molecular complexity index is 646. The fourth-order valence-corrected chi connectivity index (χ4v) is 3.67. The van der Waals surface area contributed by atoms with Gasteiger partial charge < -0.3 is 9.64 Å². The molecule has 2 aliphatic rings. The first-order valence-electron chi connectivity index (χ1n) is 7.33. The van der Waals surface area contributed by atoms with Gasteiger partial charge in [-0.25, -0.2) is 14.2 Å². The summed E-state index contributed by atoms with van der Waals surface area (Å²) in [7, 11) is 0. The molecule has 1 atom stereocenters. The van der Waals surface area contributed by atoms with E-state index in [-0.39, 0.29) is 18.5 Å². The average Bonchev–Trinajstić information content (AvgIpc) is 2.94. The van der Waals surface area contributed by atoms with Crippen molar-refractivity contribution in [3.8, 4) is 0 Å². The first-order valence-corrected chi connectivity index (χ1v) is 8.89. The Morgan fingerprint density at radius 1 is 1.43 bits per heavy atom. The first-order chi connectivity index (χ1) is 11.2. The van der Waals surface area contributed by atoms with Crippen LogP contribution in [0.15, 0.2) is 23.2 Å². The van der Waals surface area contributed by atoms with Crippen molar-refractivity contribution in [2.45, 2.75) is 6.10 Å². The Morgan fingerprint density at radius 3 is 2.91 bits per heavy atom. The molecule has 5 nitrogen and oxygen atoms in total. The summed E-state index contributed by atoms with van der Waals surface area (Å²) in [4.78, 5) is 19.2. The summed E-state index contributed by atoms with van der Waals surface area (Å²) in [5.74, 6) is 1.69. The van der Waals surface area contributed by atoms with Crippen LogP contribution in [-0.4, -0.2) is 55.0 Å². The molecule has 0 N–H and O–H groups in total. The van der Waals surface area contributed by atoms with Gasteiger partial charge in [-0.1, -0.05) is 0 Å². The van der Waals surface area contributed by atoms with Crippen LogP contribution in [0.3, 0.4) is 0 Å². The number of nitrogens with zero attached hydrogens (tertiary/aromatic N) is 3. The summed E-state index contributed by atoms with van der Waals surface area (Å²) in [6.07, 6.45) is -0.865. The molecule has 0 spiro atoms. The maximum atomic E-state index is 14.4. The number of carbonyl (C=O) groups excluding carboxylic acids is 1. The van der Waals surface area contributed by atoms with Crippen LogP contribution in [0.5, 0.6) is 0 Å². The number of isothiocyanates is 1. The summed E-state index contributed by atoms with van der Waals surface area (Å²) in [6.45, 7) is 2.28. The van der Waals surface area contributed by atoms with E-state index in [2.05, 4.69) is 22.4 Å². The van der Waals surface area contributed by atoms with E-state index in [1.807, 2.05) is 16.7 Å². The number of thioether (sulfide) groups is 1. The molecule has 122 valence electrons. The van der Waals surface area contributed by atoms with Crippen molar-refractivity contribution in [2.75, 3.05) is 47.5 Å². The Labute approximate surface area is 143 Å². The second-order valence-corrected chi connectivity index (χ2v) is 6.69. The van der Waals surface area contributed by atoms with Crippen molar-refractivity contribution in [1.82, 2.24) is 0 Å². The molecule has 23 heavy (non-hydrogen) atoms. The third kappa shape index (κ3) is 3.65. The minimum atomic E-state index is -0.490. The third-order valence-electron chi connectivity index (χ3n) is 3.83. The molecule has 1 aromatic carbocycles. The van der Waals surface area contributed by atoms with E-state index in [1.54, 1.807) is 12.1 Å². The van der Waals surface area contributed by atoms with Gasteiger partial charge in [-0.3, -0.25) is 4.90 Å². The maximum Gasteiger partial charge on any atom is 0.414 e. The highest BCUT2D eigenvalue weighted by Gasteiger charge is 2.32. The number of aliphatic imine (C=N–C) groups is 1. The Kier molecular flexibility index (Phi) is 5.15. The number of halogens is 1. The Morgan fingerprint density at radius 2 is 2.22 bits per heavy atom. The van der Waals surface area contributed by atoms with Crippen LogP contribution in [0.4, 0.5) is 20.6 Å². The zero-order valence-corrected chi connectivity index (χ0v) is 14.0. The number of carbonyl (C=O) groups is 1. The van der Waals surface area contributed by atoms with E-state index < -0.39 is 6.09 Å². The van der Waals surface area contributed by atoms with Gasteiger partial charge in [0, 0.05) is 24.6 Å². The number of hydrogen-bond acceptors (Lipinski definition) is 6. The SMILES string of the molecule is O=C1OC(CN=C=S)CN1c1ccc(N2CCSCC2)c(F)c1. The summed E-state index contributed by atoms with van der Waals surface area (Å²) >= 11 is 6.38. The topological polar surface area (TPSA) is 45.1 Å². The van der Waals surface area contributed by atoms with E-state index in [9.17, 15) is 9.18 Å². The fraction of sp³-hybridized carbons (Fsp3) is 0.467. The molecule has 2 fully saturated rings. The van der Waals surface area contributed by atoms with Crippen LogP contribution in [0, 0.1) is 5.82 Å². The molecule has 0 aromatic heterocycles. The summed E-state index contributed by atoms with van der Waals surface area (Å²) in [5.41, 5.74) is 1.08. The Hall–Kier alpha value is -1.63. The molecule has 2 heterocycles. The molecule has 1 unspecified atom stereocenters. The van der Waals surface area contributed by atoms with Crippen LogP contribution in [0.2, 0.25) is 0 Å². The standard InChI is InChI=1S/C15H16FN3O2S2/c16-13-7-11(1-2-14(13)18-3-5-23-6-4-18)19-9-12(8-17-10-22)21-15(19)20/h1-2,7,12H,3-6,8-9H2. The van der Waals surface area contributed by atoms with Crippen LogP contribution in [0.25, 0.3) is 0 Å². The number of cyclic esters (lactones) is 1. The van der Waals surface area contributed by atoms with Crippen molar-refractivity contribution in [3.63, 3.8) is 0 Å². The van der Waals surface area contributed by atoms with Gasteiger partial charge in [0.25, 0.3) is 0 Å². The molecule has 1 aromatic rings. The van der Waals surface area contributed by atoms with Gasteiger partial charge in [0.15, 0.2) is 0 Å². The highest BCUT2D eigenvalue weighted by atomic mass is 32.2. The second-order valence-electron chi connectivity index (χ2n) is 5.28. The molecule has 0 aliphatic carbocycles. The molecule has 2 aliphatic heterocycles. The van der Waals surface area contributed by atoms with Crippen molar-refractivity contribution >= 4 is 46.6 Å². The van der Waals surface area contributed by atoms with E-state index in [4.69, 9.17) is 4.74 Å². The molecular formula is C15H16FN3O2S2. The summed E-state index contributed by atoms with van der Waals surface area (Å²) in [6, 6.07) is 4.88. The number of thiocarbonyl (C=S) groups is 1. The van der Waals surface area contributed by atoms with E-state index >= 15 is 0 Å². The number of ether oxygens (including phenoxy) is 1. The van der Waals surface area contributed by atoms with Crippen molar-refractivity contribution in [1.29, 1.82) is 0 Å². The zero-order valence-electron chi connectivity index (χ0n) is 12.4. The van der Waals surface area contributed by atoms with Crippen LogP contribution < -0.4 is 9.80 Å². The monoisotopic (exact) mass is 353 g/mol. The highest BCUT2D eigenvalue weighted by Crippen LogP contribution is 2.29. The van der Waals surface area contributed by atoms with Crippen molar-refractivity contribution in [3.05, 3.63) is 24.0 Å². The lowest BCUT2D eigenvalue weighted by atomic mass is 10.2. The normalized spacial score (nSPS) is 21.1. The molecule has 1 amide bonds. The predicted molar refractivity (Wildman–Crippen MR) is 93.4 cm³/mol. The average molecular weight is 353 g/mol. The summed E-state index contributed by atoms with van der Waals surface area (Å²) in [5, 5.41) is 2.25. The lowest BCUT2D eigenvalue weighted by Gasteiger charge is -2.29. The molecular weight excluding hydrogens is 337 g/mol. The van der Waals surface area contributed by atoms with Gasteiger partial charge in [0.2, 0.25) is 0 Å². The quantitative estimate of drug-likeness (QED) is 0.615. The number of benzene rings is 1. The van der Waals surface area contributed by atoms with Gasteiger partial charge in [0.05, 0.1) is 29.6 Å². The smallest absolute Gasteiger partial charge is 0.414 e. The second kappa shape index (κ2) is 7.29. The van der Waals surface area contributed by atoms with E-state index in [0.29, 0.717) is 17.9 Å².